The summed E-state index contributed by atoms with van der Waals surface area (Å²) in [4.78, 5) is 27.1. The normalized spacial score (nSPS) is 10.7. The Hall–Kier alpha value is -3.18. The molecule has 0 radical (unpaired) electrons. The third-order valence-electron chi connectivity index (χ3n) is 2.69. The number of benzene rings is 1. The molecule has 1 aromatic heterocycles. The monoisotopic (exact) mass is 328 g/mol. The molecule has 1 heterocycles. The van der Waals surface area contributed by atoms with Crippen molar-refractivity contribution in [3.8, 4) is 6.07 Å². The van der Waals surface area contributed by atoms with Crippen LogP contribution in [-0.2, 0) is 4.79 Å². The van der Waals surface area contributed by atoms with E-state index in [1.807, 2.05) is 12.3 Å². The van der Waals surface area contributed by atoms with Gasteiger partial charge in [-0.1, -0.05) is 6.07 Å². The number of rotatable bonds is 5. The second-order valence-corrected chi connectivity index (χ2v) is 5.31. The van der Waals surface area contributed by atoms with Crippen LogP contribution in [0.2, 0.25) is 0 Å². The summed E-state index contributed by atoms with van der Waals surface area (Å²) in [5.41, 5.74) is 1.01. The Morgan fingerprint density at radius 3 is 2.83 bits per heavy atom. The van der Waals surface area contributed by atoms with Gasteiger partial charge in [-0.3, -0.25) is 4.79 Å². The first kappa shape index (κ1) is 16.2. The van der Waals surface area contributed by atoms with Crippen LogP contribution >= 0.6 is 11.3 Å². The van der Waals surface area contributed by atoms with Gasteiger partial charge in [0.05, 0.1) is 11.3 Å². The second-order valence-electron chi connectivity index (χ2n) is 4.45. The molecule has 0 spiro atoms. The van der Waals surface area contributed by atoms with Crippen molar-refractivity contribution in [2.75, 3.05) is 10.6 Å². The molecule has 2 aromatic rings. The average molecular weight is 328 g/mol. The summed E-state index contributed by atoms with van der Waals surface area (Å²) in [5.74, 6) is -1.74. The lowest BCUT2D eigenvalue weighted by Crippen LogP contribution is -2.15. The maximum Gasteiger partial charge on any atom is 0.335 e. The van der Waals surface area contributed by atoms with Gasteiger partial charge >= 0.3 is 5.97 Å². The summed E-state index contributed by atoms with van der Waals surface area (Å²) in [6, 6.07) is 7.55. The lowest BCUT2D eigenvalue weighted by atomic mass is 10.2. The van der Waals surface area contributed by atoms with E-state index in [9.17, 15) is 9.59 Å². The van der Waals surface area contributed by atoms with E-state index >= 15 is 0 Å². The molecule has 0 unspecified atom stereocenters. The van der Waals surface area contributed by atoms with Crippen molar-refractivity contribution in [3.63, 3.8) is 0 Å². The maximum atomic E-state index is 12.0. The highest BCUT2D eigenvalue weighted by atomic mass is 32.1. The molecular weight excluding hydrogens is 316 g/mol. The predicted molar refractivity (Wildman–Crippen MR) is 86.2 cm³/mol. The third kappa shape index (κ3) is 4.39. The van der Waals surface area contributed by atoms with Crippen LogP contribution in [0.5, 0.6) is 0 Å². The zero-order valence-corrected chi connectivity index (χ0v) is 12.8. The van der Waals surface area contributed by atoms with Gasteiger partial charge in [-0.25, -0.2) is 9.78 Å². The molecule has 0 aliphatic heterocycles. The van der Waals surface area contributed by atoms with E-state index in [4.69, 9.17) is 10.4 Å². The van der Waals surface area contributed by atoms with E-state index in [-0.39, 0.29) is 11.1 Å². The molecule has 0 saturated heterocycles. The van der Waals surface area contributed by atoms with Crippen molar-refractivity contribution in [2.24, 2.45) is 0 Å². The molecule has 0 fully saturated rings. The largest absolute Gasteiger partial charge is 0.478 e. The van der Waals surface area contributed by atoms with Crippen molar-refractivity contribution < 1.29 is 14.7 Å². The molecule has 0 saturated carbocycles. The van der Waals surface area contributed by atoms with E-state index in [2.05, 4.69) is 15.6 Å². The quantitative estimate of drug-likeness (QED) is 0.574. The van der Waals surface area contributed by atoms with Crippen LogP contribution < -0.4 is 10.6 Å². The number of amides is 1. The summed E-state index contributed by atoms with van der Waals surface area (Å²) in [5, 5.41) is 25.6. The van der Waals surface area contributed by atoms with Gasteiger partial charge in [0.1, 0.15) is 11.6 Å². The van der Waals surface area contributed by atoms with E-state index in [0.717, 1.165) is 5.69 Å². The zero-order chi connectivity index (χ0) is 16.8. The molecule has 116 valence electrons. The van der Waals surface area contributed by atoms with Gasteiger partial charge in [-0.2, -0.15) is 5.26 Å². The average Bonchev–Trinajstić information content (AvgIpc) is 2.93. The van der Waals surface area contributed by atoms with Gasteiger partial charge in [0.25, 0.3) is 5.91 Å². The van der Waals surface area contributed by atoms with Crippen LogP contribution in [0.4, 0.5) is 10.8 Å². The summed E-state index contributed by atoms with van der Waals surface area (Å²) in [6.45, 7) is 1.83. The molecule has 0 aliphatic rings. The third-order valence-corrected chi connectivity index (χ3v) is 3.58. The van der Waals surface area contributed by atoms with Crippen molar-refractivity contribution >= 4 is 34.0 Å². The fraction of sp³-hybridized carbons (Fsp3) is 0.0667. The predicted octanol–water partition coefficient (Wildman–Crippen LogP) is 2.61. The Morgan fingerprint density at radius 2 is 2.22 bits per heavy atom. The van der Waals surface area contributed by atoms with Crippen LogP contribution in [0.3, 0.4) is 0 Å². The number of nitrogens with zero attached hydrogens (tertiary/aromatic N) is 2. The summed E-state index contributed by atoms with van der Waals surface area (Å²) < 4.78 is 0. The minimum Gasteiger partial charge on any atom is -0.478 e. The van der Waals surface area contributed by atoms with Crippen LogP contribution in [-0.4, -0.2) is 22.0 Å². The Balaban J connectivity index is 2.09. The number of aromatic carboxylic acids is 1. The maximum absolute atomic E-state index is 12.0. The number of nitrogens with one attached hydrogen (secondary N) is 2. The fourth-order valence-corrected chi connectivity index (χ4v) is 2.29. The van der Waals surface area contributed by atoms with E-state index in [1.165, 1.54) is 41.8 Å². The fourth-order valence-electron chi connectivity index (χ4n) is 1.63. The molecule has 1 amide bonds. The number of nitriles is 1. The smallest absolute Gasteiger partial charge is 0.335 e. The summed E-state index contributed by atoms with van der Waals surface area (Å²) >= 11 is 1.35. The molecule has 0 aliphatic carbocycles. The molecule has 0 bridgehead atoms. The molecule has 8 heteroatoms. The number of carboxylic acid groups (broad SMARTS) is 1. The van der Waals surface area contributed by atoms with Crippen molar-refractivity contribution in [1.29, 1.82) is 5.26 Å². The van der Waals surface area contributed by atoms with Crippen LogP contribution in [0.25, 0.3) is 0 Å². The molecule has 1 aromatic carbocycles. The Kier molecular flexibility index (Phi) is 5.07. The number of aromatic nitrogens is 1. The van der Waals surface area contributed by atoms with Gasteiger partial charge in [-0.05, 0) is 25.1 Å². The molecule has 0 atom stereocenters. The molecular formula is C15H12N4O3S. The molecule has 7 nitrogen and oxygen atoms in total. The number of carbonyl (C=O) groups excluding carboxylic acids is 1. The van der Waals surface area contributed by atoms with E-state index in [0.29, 0.717) is 10.8 Å². The summed E-state index contributed by atoms with van der Waals surface area (Å²) in [7, 11) is 0. The van der Waals surface area contributed by atoms with Crippen LogP contribution in [0, 0.1) is 18.3 Å². The highest BCUT2D eigenvalue weighted by Gasteiger charge is 2.11. The standard InChI is InChI=1S/C15H12N4O3S/c1-9-8-23-15(18-9)17-7-11(6-16)13(20)19-12-4-2-3-10(5-12)14(21)22/h2-5,7-8H,1H3,(H,17,18)(H,19,20)(H,21,22)/b11-7-. The first-order chi connectivity index (χ1) is 11.0. The van der Waals surface area contributed by atoms with Crippen molar-refractivity contribution in [3.05, 3.63) is 52.7 Å². The number of hydrogen-bond donors (Lipinski definition) is 3. The zero-order valence-electron chi connectivity index (χ0n) is 12.0. The number of hydrogen-bond acceptors (Lipinski definition) is 6. The number of thiazole rings is 1. The number of carboxylic acids is 1. The SMILES string of the molecule is Cc1csc(N/C=C(/C#N)C(=O)Nc2cccc(C(=O)O)c2)n1. The Bertz CT molecular complexity index is 820. The van der Waals surface area contributed by atoms with Gasteiger partial charge < -0.3 is 15.7 Å². The minimum atomic E-state index is -1.10. The van der Waals surface area contributed by atoms with Crippen molar-refractivity contribution in [2.45, 2.75) is 6.92 Å². The highest BCUT2D eigenvalue weighted by molar-refractivity contribution is 7.13. The summed E-state index contributed by atoms with van der Waals surface area (Å²) in [6.07, 6.45) is 1.26. The molecule has 23 heavy (non-hydrogen) atoms. The number of anilines is 2. The van der Waals surface area contributed by atoms with Crippen LogP contribution in [0.15, 0.2) is 41.4 Å². The van der Waals surface area contributed by atoms with Gasteiger partial charge in [0.15, 0.2) is 5.13 Å². The molecule has 3 N–H and O–H groups in total. The number of aryl methyl sites for hydroxylation is 1. The number of carbonyl (C=O) groups is 2. The van der Waals surface area contributed by atoms with Gasteiger partial charge in [-0.15, -0.1) is 11.3 Å². The Labute approximate surface area is 135 Å². The highest BCUT2D eigenvalue weighted by Crippen LogP contribution is 2.15. The topological polar surface area (TPSA) is 115 Å². The van der Waals surface area contributed by atoms with Crippen molar-refractivity contribution in [1.82, 2.24) is 4.98 Å². The van der Waals surface area contributed by atoms with Gasteiger partial charge in [0.2, 0.25) is 0 Å². The van der Waals surface area contributed by atoms with Crippen LogP contribution in [0.1, 0.15) is 16.1 Å². The first-order valence-electron chi connectivity index (χ1n) is 6.43. The Morgan fingerprint density at radius 1 is 1.43 bits per heavy atom. The minimum absolute atomic E-state index is 0.0432. The lowest BCUT2D eigenvalue weighted by Gasteiger charge is -2.05. The first-order valence-corrected chi connectivity index (χ1v) is 7.31. The lowest BCUT2D eigenvalue weighted by molar-refractivity contribution is -0.112. The van der Waals surface area contributed by atoms with E-state index < -0.39 is 11.9 Å². The van der Waals surface area contributed by atoms with E-state index in [1.54, 1.807) is 6.07 Å². The second kappa shape index (κ2) is 7.20. The molecule has 2 rings (SSSR count). The van der Waals surface area contributed by atoms with Gasteiger partial charge in [0, 0.05) is 17.3 Å².